The predicted molar refractivity (Wildman–Crippen MR) is 457 cm³/mol. The average molecular weight is 1490 g/mol. The van der Waals surface area contributed by atoms with E-state index in [1.807, 2.05) is 206 Å². The first-order valence-electron chi connectivity index (χ1n) is 38.8. The van der Waals surface area contributed by atoms with E-state index in [2.05, 4.69) is 108 Å². The van der Waals surface area contributed by atoms with E-state index in [0.29, 0.717) is 79.7 Å². The fraction of sp³-hybridized carbons (Fsp3) is 0.0909. The van der Waals surface area contributed by atoms with Crippen molar-refractivity contribution < 1.29 is 23.0 Å². The third-order valence-electron chi connectivity index (χ3n) is 22.5. The van der Waals surface area contributed by atoms with Crippen molar-refractivity contribution in [3.63, 3.8) is 0 Å². The van der Waals surface area contributed by atoms with Gasteiger partial charge < -0.3 is 18.9 Å². The van der Waals surface area contributed by atoms with Crippen molar-refractivity contribution in [3.8, 4) is 124 Å². The van der Waals surface area contributed by atoms with E-state index in [0.717, 1.165) is 111 Å². The summed E-state index contributed by atoms with van der Waals surface area (Å²) in [5, 5.41) is 23.2. The van der Waals surface area contributed by atoms with Gasteiger partial charge in [0.05, 0.1) is 9.13 Å². The molecule has 3 aliphatic rings. The summed E-state index contributed by atoms with van der Waals surface area (Å²) in [6.45, 7) is 13.3. The van der Waals surface area contributed by atoms with Gasteiger partial charge in [-0.05, 0) is 137 Å². The molecule has 112 heavy (non-hydrogen) atoms. The van der Waals surface area contributed by atoms with Crippen molar-refractivity contribution in [2.45, 2.75) is 57.8 Å². The van der Waals surface area contributed by atoms with Crippen LogP contribution in [0.4, 0.5) is 0 Å². The molecule has 0 unspecified atom stereocenters. The van der Waals surface area contributed by atoms with E-state index in [4.69, 9.17) is 66.1 Å². The summed E-state index contributed by atoms with van der Waals surface area (Å²) < 4.78 is 37.7. The van der Waals surface area contributed by atoms with Crippen LogP contribution in [0.2, 0.25) is 10.0 Å². The fourth-order valence-corrected chi connectivity index (χ4v) is 17.3. The van der Waals surface area contributed by atoms with E-state index < -0.39 is 7.12 Å². The average Bonchev–Trinajstić information content (AvgIpc) is 1.55. The summed E-state index contributed by atoms with van der Waals surface area (Å²) in [4.78, 5) is 29.8. The maximum Gasteiger partial charge on any atom is 0.488 e. The lowest BCUT2D eigenvalue weighted by Gasteiger charge is -2.22. The van der Waals surface area contributed by atoms with Gasteiger partial charge in [-0.1, -0.05) is 326 Å². The van der Waals surface area contributed by atoms with E-state index in [-0.39, 0.29) is 16.2 Å². The van der Waals surface area contributed by atoms with Crippen LogP contribution in [0.5, 0.6) is 0 Å². The molecule has 538 valence electrons. The standard InChI is InChI=1S/C57H41N3O.C27H15Cl2N3O.C15H15BO2/c1-56(2)46-23-13-11-20-39(46)41-28-26-36(32-48(41)56)38-30-44(37-27-29-42-40-21-12-14-24-47(40)57(3,4)49(42)33-37)52-45(31-38)51-43(22-15-25-50(51)61-52)55-59-53(34-16-7-5-8-17-34)58-54(60-55)35-18-9-6-10-19-35;28-18-14-20-23-19(12-7-13-22(23)33-24(20)21(29)15-18)27-31-25(16-8-3-1-4-9-16)30-26(32-27)17-10-5-2-6-11-17;1-15(2)13-6-4-3-5-11(13)12-8-7-10(16(17)18)9-14(12)15/h5-33H,1-4H3;1-15H;3-9,17-18H,1-2H3/i13D,14D;;4D. The van der Waals surface area contributed by atoms with Crippen molar-refractivity contribution in [1.29, 1.82) is 0 Å². The minimum absolute atomic E-state index is 0.216. The second-order valence-electron chi connectivity index (χ2n) is 30.3. The first-order valence-corrected chi connectivity index (χ1v) is 38.1. The molecule has 10 nitrogen and oxygen atoms in total. The van der Waals surface area contributed by atoms with E-state index in [1.54, 1.807) is 18.2 Å². The molecule has 0 bridgehead atoms. The molecular formula is C99H71BCl2N6O4. The molecule has 3 aliphatic carbocycles. The maximum atomic E-state index is 9.31. The van der Waals surface area contributed by atoms with Crippen LogP contribution >= 0.6 is 23.2 Å². The summed E-state index contributed by atoms with van der Waals surface area (Å²) in [5.74, 6) is 3.51. The summed E-state index contributed by atoms with van der Waals surface area (Å²) in [5.41, 5.74) is 26.2. The molecule has 4 aromatic heterocycles. The number of hydrogen-bond donors (Lipinski definition) is 2. The van der Waals surface area contributed by atoms with Gasteiger partial charge in [0.25, 0.3) is 0 Å². The number of rotatable bonds is 9. The van der Waals surface area contributed by atoms with Gasteiger partial charge in [-0.3, -0.25) is 0 Å². The Balaban J connectivity index is 0.000000140. The Labute approximate surface area is 662 Å². The second-order valence-corrected chi connectivity index (χ2v) is 31.1. The Bertz CT molecular complexity index is 6880. The molecule has 0 fully saturated rings. The lowest BCUT2D eigenvalue weighted by atomic mass is 9.75. The SMILES string of the molecule is Clc1cc(Cl)c2oc3cccc(-c4nc(-c5ccccc5)nc(-c5ccccc5)n4)c3c2c1.[2H]c1ccc2c(c1)C(C)(C)c1cc(-c3cc(-c4ccc5c(c4)C(C)(C)c4cc([2H])ccc4-5)c4oc5cccc(-c6nc(-c7ccccc7)nc(-c7ccccc7)n6)c5c4c3)ccc1-2.[2H]c1ccc2c(c1)C(C)(C)c1cc(B(O)O)ccc1-2. The number of aromatic nitrogens is 6. The molecule has 0 amide bonds. The topological polar surface area (TPSA) is 144 Å². The summed E-state index contributed by atoms with van der Waals surface area (Å²) in [6, 6.07) is 98.3. The maximum absolute atomic E-state index is 9.31. The van der Waals surface area contributed by atoms with Crippen LogP contribution in [0.3, 0.4) is 0 Å². The van der Waals surface area contributed by atoms with Gasteiger partial charge in [-0.2, -0.15) is 0 Å². The zero-order chi connectivity index (χ0) is 78.9. The zero-order valence-electron chi connectivity index (χ0n) is 64.9. The van der Waals surface area contributed by atoms with Crippen LogP contribution in [0, 0.1) is 0 Å². The number of halogens is 2. The van der Waals surface area contributed by atoms with E-state index in [9.17, 15) is 10.0 Å². The molecule has 0 radical (unpaired) electrons. The van der Waals surface area contributed by atoms with Crippen molar-refractivity contribution in [2.75, 3.05) is 0 Å². The Morgan fingerprint density at radius 2 is 0.661 bits per heavy atom. The Morgan fingerprint density at radius 3 is 1.10 bits per heavy atom. The molecule has 0 spiro atoms. The van der Waals surface area contributed by atoms with Gasteiger partial charge in [0.1, 0.15) is 16.7 Å². The molecule has 0 aliphatic heterocycles. The van der Waals surface area contributed by atoms with Crippen LogP contribution in [-0.2, 0) is 16.2 Å². The fourth-order valence-electron chi connectivity index (χ4n) is 16.8. The van der Waals surface area contributed by atoms with Crippen molar-refractivity contribution in [1.82, 2.24) is 29.9 Å². The highest BCUT2D eigenvalue weighted by molar-refractivity contribution is 6.58. The molecular weight excluding hydrogens is 1420 g/mol. The molecule has 14 aromatic carbocycles. The smallest absolute Gasteiger partial charge is 0.455 e. The van der Waals surface area contributed by atoms with Crippen molar-refractivity contribution in [2.24, 2.45) is 0 Å². The molecule has 2 N–H and O–H groups in total. The minimum Gasteiger partial charge on any atom is -0.455 e. The normalized spacial score (nSPS) is 13.9. The van der Waals surface area contributed by atoms with Crippen LogP contribution in [0.1, 0.15) is 79.0 Å². The number of nitrogens with zero attached hydrogens (tertiary/aromatic N) is 6. The van der Waals surface area contributed by atoms with Gasteiger partial charge >= 0.3 is 7.12 Å². The number of benzene rings is 14. The summed E-state index contributed by atoms with van der Waals surface area (Å²) in [6.07, 6.45) is 0. The molecule has 0 saturated heterocycles. The lowest BCUT2D eigenvalue weighted by molar-refractivity contribution is 0.425. The van der Waals surface area contributed by atoms with Crippen molar-refractivity contribution >= 4 is 79.7 Å². The van der Waals surface area contributed by atoms with E-state index >= 15 is 0 Å². The molecule has 0 saturated carbocycles. The Kier molecular flexibility index (Phi) is 16.2. The van der Waals surface area contributed by atoms with Crippen LogP contribution < -0.4 is 5.46 Å². The monoisotopic (exact) mass is 1490 g/mol. The van der Waals surface area contributed by atoms with Gasteiger partial charge in [-0.15, -0.1) is 0 Å². The van der Waals surface area contributed by atoms with Gasteiger partial charge in [0.2, 0.25) is 0 Å². The second kappa shape index (κ2) is 27.4. The van der Waals surface area contributed by atoms with Gasteiger partial charge in [-0.25, -0.2) is 29.9 Å². The number of furan rings is 2. The summed E-state index contributed by atoms with van der Waals surface area (Å²) >= 11 is 12.7. The van der Waals surface area contributed by atoms with E-state index in [1.165, 1.54) is 44.5 Å². The Hall–Kier alpha value is -12.7. The lowest BCUT2D eigenvalue weighted by Crippen LogP contribution is -2.31. The highest BCUT2D eigenvalue weighted by Gasteiger charge is 2.39. The molecule has 21 rings (SSSR count). The third kappa shape index (κ3) is 11.9. The Morgan fingerprint density at radius 1 is 0.295 bits per heavy atom. The highest BCUT2D eigenvalue weighted by atomic mass is 35.5. The number of fused-ring (bicyclic) bond motifs is 15. The molecule has 13 heteroatoms. The first kappa shape index (κ1) is 66.3. The molecule has 0 atom stereocenters. The van der Waals surface area contributed by atoms with Crippen molar-refractivity contribution in [3.05, 3.63) is 353 Å². The summed E-state index contributed by atoms with van der Waals surface area (Å²) in [7, 11) is -1.45. The quantitative estimate of drug-likeness (QED) is 0.134. The van der Waals surface area contributed by atoms with Crippen LogP contribution in [-0.4, -0.2) is 47.1 Å². The first-order chi connectivity index (χ1) is 55.6. The predicted octanol–water partition coefficient (Wildman–Crippen LogP) is 24.5. The minimum atomic E-state index is -1.45. The van der Waals surface area contributed by atoms with Gasteiger partial charge in [0, 0.05) is 81.8 Å². The molecule has 4 heterocycles. The van der Waals surface area contributed by atoms with Gasteiger partial charge in [0.15, 0.2) is 40.5 Å². The number of hydrogen-bond acceptors (Lipinski definition) is 10. The molecule has 18 aromatic rings. The largest absolute Gasteiger partial charge is 0.488 e. The highest BCUT2D eigenvalue weighted by Crippen LogP contribution is 2.54. The zero-order valence-corrected chi connectivity index (χ0v) is 63.5. The third-order valence-corrected chi connectivity index (χ3v) is 23.0. The van der Waals surface area contributed by atoms with Crippen LogP contribution in [0.15, 0.2) is 318 Å². The van der Waals surface area contributed by atoms with Crippen LogP contribution in [0.25, 0.3) is 168 Å².